The van der Waals surface area contributed by atoms with E-state index in [1.165, 1.54) is 6.07 Å². The molecule has 1 saturated heterocycles. The Morgan fingerprint density at radius 2 is 1.70 bits per heavy atom. The Labute approximate surface area is 169 Å². The molecule has 3 rings (SSSR count). The lowest BCUT2D eigenvalue weighted by Crippen LogP contribution is -2.32. The molecule has 1 heterocycles. The number of aryl methyl sites for hydroxylation is 1. The number of amides is 1. The van der Waals surface area contributed by atoms with Gasteiger partial charge in [-0.05, 0) is 65.5 Å². The molecular formula is C20H23BrN2O3S. The highest BCUT2D eigenvalue weighted by Gasteiger charge is 2.26. The van der Waals surface area contributed by atoms with Crippen LogP contribution < -0.4 is 5.32 Å². The van der Waals surface area contributed by atoms with Crippen molar-refractivity contribution >= 4 is 37.5 Å². The number of carbonyl (C=O) groups excluding carboxylic acids is 1. The Hall–Kier alpha value is -1.70. The van der Waals surface area contributed by atoms with Gasteiger partial charge in [-0.2, -0.15) is 4.31 Å². The molecule has 1 fully saturated rings. The molecule has 2 aromatic rings. The third kappa shape index (κ3) is 4.59. The highest BCUT2D eigenvalue weighted by molar-refractivity contribution is 9.10. The molecule has 0 aliphatic carbocycles. The summed E-state index contributed by atoms with van der Waals surface area (Å²) in [5.74, 6) is -0.327. The van der Waals surface area contributed by atoms with Crippen molar-refractivity contribution in [1.82, 2.24) is 4.31 Å². The van der Waals surface area contributed by atoms with Crippen LogP contribution in [0.2, 0.25) is 0 Å². The largest absolute Gasteiger partial charge is 0.321 e. The van der Waals surface area contributed by atoms with E-state index in [-0.39, 0.29) is 10.8 Å². The molecular weight excluding hydrogens is 428 g/mol. The minimum Gasteiger partial charge on any atom is -0.321 e. The van der Waals surface area contributed by atoms with Gasteiger partial charge in [-0.15, -0.1) is 0 Å². The van der Waals surface area contributed by atoms with Crippen LogP contribution in [0, 0.1) is 6.92 Å². The van der Waals surface area contributed by atoms with Crippen LogP contribution >= 0.6 is 15.9 Å². The minimum atomic E-state index is -3.60. The summed E-state index contributed by atoms with van der Waals surface area (Å²) < 4.78 is 28.4. The summed E-state index contributed by atoms with van der Waals surface area (Å²) in [4.78, 5) is 12.9. The number of para-hydroxylation sites is 1. The molecule has 0 radical (unpaired) electrons. The van der Waals surface area contributed by atoms with Crippen LogP contribution in [0.25, 0.3) is 0 Å². The van der Waals surface area contributed by atoms with Crippen LogP contribution in [0.3, 0.4) is 0 Å². The topological polar surface area (TPSA) is 66.5 Å². The zero-order valence-electron chi connectivity index (χ0n) is 15.2. The number of nitrogens with one attached hydrogen (secondary N) is 1. The summed E-state index contributed by atoms with van der Waals surface area (Å²) in [6, 6.07) is 12.1. The first-order valence-corrected chi connectivity index (χ1v) is 11.3. The van der Waals surface area contributed by atoms with E-state index in [1.807, 2.05) is 18.2 Å². The second kappa shape index (κ2) is 8.54. The zero-order valence-corrected chi connectivity index (χ0v) is 17.6. The van der Waals surface area contributed by atoms with Gasteiger partial charge in [0.15, 0.2) is 0 Å². The summed E-state index contributed by atoms with van der Waals surface area (Å²) in [5, 5.41) is 2.84. The van der Waals surface area contributed by atoms with Gasteiger partial charge in [0.2, 0.25) is 10.0 Å². The molecule has 0 atom stereocenters. The first-order valence-electron chi connectivity index (χ1n) is 9.06. The first-order chi connectivity index (χ1) is 12.9. The number of benzene rings is 2. The van der Waals surface area contributed by atoms with Gasteiger partial charge in [-0.1, -0.05) is 31.0 Å². The predicted molar refractivity (Wildman–Crippen MR) is 111 cm³/mol. The summed E-state index contributed by atoms with van der Waals surface area (Å²) in [6.07, 6.45) is 3.86. The van der Waals surface area contributed by atoms with E-state index in [1.54, 1.807) is 29.4 Å². The lowest BCUT2D eigenvalue weighted by Gasteiger charge is -2.20. The average molecular weight is 451 g/mol. The minimum absolute atomic E-state index is 0.173. The van der Waals surface area contributed by atoms with Crippen molar-refractivity contribution in [2.24, 2.45) is 0 Å². The number of carbonyl (C=O) groups is 1. The van der Waals surface area contributed by atoms with E-state index in [4.69, 9.17) is 0 Å². The molecule has 5 nitrogen and oxygen atoms in total. The Balaban J connectivity index is 1.89. The second-order valence-electron chi connectivity index (χ2n) is 6.73. The van der Waals surface area contributed by atoms with E-state index in [9.17, 15) is 13.2 Å². The van der Waals surface area contributed by atoms with Gasteiger partial charge < -0.3 is 5.32 Å². The third-order valence-electron chi connectivity index (χ3n) is 4.78. The molecule has 0 unspecified atom stereocenters. The lowest BCUT2D eigenvalue weighted by atomic mass is 10.1. The van der Waals surface area contributed by atoms with Crippen molar-refractivity contribution in [3.63, 3.8) is 0 Å². The molecule has 27 heavy (non-hydrogen) atoms. The lowest BCUT2D eigenvalue weighted by molar-refractivity contribution is 0.102. The van der Waals surface area contributed by atoms with Gasteiger partial charge in [-0.3, -0.25) is 4.79 Å². The SMILES string of the molecule is Cc1ccc(S(=O)(=O)N2CCCCCC2)cc1C(=O)Nc1ccccc1Br. The van der Waals surface area contributed by atoms with Crippen molar-refractivity contribution in [1.29, 1.82) is 0 Å². The Bertz CT molecular complexity index is 936. The Kier molecular flexibility index (Phi) is 6.34. The molecule has 1 amide bonds. The van der Waals surface area contributed by atoms with Crippen LogP contribution in [0.5, 0.6) is 0 Å². The van der Waals surface area contributed by atoms with Gasteiger partial charge in [-0.25, -0.2) is 8.42 Å². The molecule has 0 saturated carbocycles. The van der Waals surface area contributed by atoms with Gasteiger partial charge in [0.05, 0.1) is 10.6 Å². The van der Waals surface area contributed by atoms with E-state index in [0.717, 1.165) is 35.7 Å². The van der Waals surface area contributed by atoms with Crippen LogP contribution in [-0.4, -0.2) is 31.7 Å². The molecule has 1 N–H and O–H groups in total. The summed E-state index contributed by atoms with van der Waals surface area (Å²) in [5.41, 5.74) is 1.73. The van der Waals surface area contributed by atoms with Crippen molar-refractivity contribution < 1.29 is 13.2 Å². The summed E-state index contributed by atoms with van der Waals surface area (Å²) in [7, 11) is -3.60. The number of rotatable bonds is 4. The average Bonchev–Trinajstić information content (AvgIpc) is 2.94. The fraction of sp³-hybridized carbons (Fsp3) is 0.350. The van der Waals surface area contributed by atoms with Crippen molar-refractivity contribution in [3.8, 4) is 0 Å². The van der Waals surface area contributed by atoms with Crippen molar-refractivity contribution in [2.75, 3.05) is 18.4 Å². The monoisotopic (exact) mass is 450 g/mol. The molecule has 0 spiro atoms. The molecule has 2 aromatic carbocycles. The van der Waals surface area contributed by atoms with E-state index < -0.39 is 10.0 Å². The highest BCUT2D eigenvalue weighted by Crippen LogP contribution is 2.25. The number of hydrogen-bond donors (Lipinski definition) is 1. The maximum absolute atomic E-state index is 13.0. The van der Waals surface area contributed by atoms with E-state index in [0.29, 0.717) is 24.3 Å². The molecule has 0 bridgehead atoms. The van der Waals surface area contributed by atoms with E-state index >= 15 is 0 Å². The first kappa shape index (κ1) is 20.0. The van der Waals surface area contributed by atoms with Crippen molar-refractivity contribution in [3.05, 3.63) is 58.1 Å². The number of hydrogen-bond acceptors (Lipinski definition) is 3. The molecule has 7 heteroatoms. The molecule has 144 valence electrons. The zero-order chi connectivity index (χ0) is 19.4. The molecule has 1 aliphatic rings. The molecule has 1 aliphatic heterocycles. The normalized spacial score (nSPS) is 15.9. The van der Waals surface area contributed by atoms with Crippen LogP contribution in [0.15, 0.2) is 51.8 Å². The standard InChI is InChI=1S/C20H23BrN2O3S/c1-15-10-11-16(27(25,26)23-12-6-2-3-7-13-23)14-17(15)20(24)22-19-9-5-4-8-18(19)21/h4-5,8-11,14H,2-3,6-7,12-13H2,1H3,(H,22,24). The van der Waals surface area contributed by atoms with Crippen LogP contribution in [0.1, 0.15) is 41.6 Å². The van der Waals surface area contributed by atoms with Crippen LogP contribution in [-0.2, 0) is 10.0 Å². The van der Waals surface area contributed by atoms with Crippen molar-refractivity contribution in [2.45, 2.75) is 37.5 Å². The Morgan fingerprint density at radius 1 is 1.04 bits per heavy atom. The van der Waals surface area contributed by atoms with Gasteiger partial charge in [0, 0.05) is 23.1 Å². The second-order valence-corrected chi connectivity index (χ2v) is 9.52. The predicted octanol–water partition coefficient (Wildman–Crippen LogP) is 4.57. The van der Waals surface area contributed by atoms with E-state index in [2.05, 4.69) is 21.2 Å². The maximum atomic E-state index is 13.0. The Morgan fingerprint density at radius 3 is 2.37 bits per heavy atom. The van der Waals surface area contributed by atoms with Gasteiger partial charge in [0.1, 0.15) is 0 Å². The number of anilines is 1. The summed E-state index contributed by atoms with van der Waals surface area (Å²) in [6.45, 7) is 2.88. The third-order valence-corrected chi connectivity index (χ3v) is 7.36. The smallest absolute Gasteiger partial charge is 0.256 e. The highest BCUT2D eigenvalue weighted by atomic mass is 79.9. The quantitative estimate of drug-likeness (QED) is 0.741. The summed E-state index contributed by atoms with van der Waals surface area (Å²) >= 11 is 3.40. The number of nitrogens with zero attached hydrogens (tertiary/aromatic N) is 1. The fourth-order valence-electron chi connectivity index (χ4n) is 3.19. The maximum Gasteiger partial charge on any atom is 0.256 e. The fourth-order valence-corrected chi connectivity index (χ4v) is 5.12. The number of halogens is 1. The number of sulfonamides is 1. The molecule has 0 aromatic heterocycles. The van der Waals surface area contributed by atoms with Gasteiger partial charge >= 0.3 is 0 Å². The van der Waals surface area contributed by atoms with Crippen LogP contribution in [0.4, 0.5) is 5.69 Å². The van der Waals surface area contributed by atoms with Gasteiger partial charge in [0.25, 0.3) is 5.91 Å².